The molecule has 1 N–H and O–H groups in total. The van der Waals surface area contributed by atoms with Gasteiger partial charge in [0.2, 0.25) is 0 Å². The molecule has 1 rings (SSSR count). The lowest BCUT2D eigenvalue weighted by atomic mass is 10.2. The van der Waals surface area contributed by atoms with Crippen LogP contribution in [0.25, 0.3) is 0 Å². The van der Waals surface area contributed by atoms with Crippen molar-refractivity contribution in [1.29, 1.82) is 0 Å². The summed E-state index contributed by atoms with van der Waals surface area (Å²) in [5, 5.41) is 3.09. The van der Waals surface area contributed by atoms with E-state index in [2.05, 4.69) is 33.0 Å². The molecule has 1 heterocycles. The van der Waals surface area contributed by atoms with E-state index in [0.717, 1.165) is 10.4 Å². The molecule has 0 fully saturated rings. The Morgan fingerprint density at radius 2 is 1.71 bits per heavy atom. The van der Waals surface area contributed by atoms with Crippen LogP contribution in [0.4, 0.5) is 0 Å². The molecule has 0 bridgehead atoms. The first kappa shape index (κ1) is 18.6. The monoisotopic (exact) mass is 332 g/mol. The number of rotatable bonds is 8. The summed E-state index contributed by atoms with van der Waals surface area (Å²) in [6.07, 6.45) is 0. The quantitative estimate of drug-likeness (QED) is 0.796. The molecule has 4 nitrogen and oxygen atoms in total. The molecule has 21 heavy (non-hydrogen) atoms. The van der Waals surface area contributed by atoms with Crippen molar-refractivity contribution < 1.29 is 8.42 Å². The van der Waals surface area contributed by atoms with Crippen molar-refractivity contribution in [1.82, 2.24) is 9.62 Å². The number of aryl methyl sites for hydroxylation is 1. The van der Waals surface area contributed by atoms with Gasteiger partial charge in [-0.1, -0.05) is 27.7 Å². The molecular formula is C15H28N2O2S2. The molecule has 1 aromatic rings. The van der Waals surface area contributed by atoms with Gasteiger partial charge in [-0.05, 0) is 37.4 Å². The third kappa shape index (κ3) is 5.06. The van der Waals surface area contributed by atoms with Crippen molar-refractivity contribution in [2.24, 2.45) is 11.8 Å². The summed E-state index contributed by atoms with van der Waals surface area (Å²) in [4.78, 5) is 1.09. The minimum absolute atomic E-state index is 0.316. The molecule has 0 atom stereocenters. The second-order valence-corrected chi connectivity index (χ2v) is 9.61. The van der Waals surface area contributed by atoms with Gasteiger partial charge in [0.1, 0.15) is 4.21 Å². The zero-order chi connectivity index (χ0) is 16.2. The SMILES string of the molecule is CNCc1sc(S(=O)(=O)N(CC(C)C)CC(C)C)cc1C. The third-order valence-electron chi connectivity index (χ3n) is 3.07. The number of nitrogens with one attached hydrogen (secondary N) is 1. The van der Waals surface area contributed by atoms with Crippen LogP contribution in [-0.2, 0) is 16.6 Å². The lowest BCUT2D eigenvalue weighted by molar-refractivity contribution is 0.334. The highest BCUT2D eigenvalue weighted by molar-refractivity contribution is 7.91. The van der Waals surface area contributed by atoms with Gasteiger partial charge in [-0.3, -0.25) is 0 Å². The first-order valence-electron chi connectivity index (χ1n) is 7.42. The molecule has 0 saturated carbocycles. The summed E-state index contributed by atoms with van der Waals surface area (Å²) in [7, 11) is -1.51. The van der Waals surface area contributed by atoms with Crippen molar-refractivity contribution in [2.45, 2.75) is 45.4 Å². The molecule has 6 heteroatoms. The van der Waals surface area contributed by atoms with E-state index in [4.69, 9.17) is 0 Å². The van der Waals surface area contributed by atoms with Gasteiger partial charge in [0.05, 0.1) is 0 Å². The fourth-order valence-electron chi connectivity index (χ4n) is 2.16. The molecule has 1 aromatic heterocycles. The van der Waals surface area contributed by atoms with E-state index in [0.29, 0.717) is 35.7 Å². The molecule has 0 unspecified atom stereocenters. The highest BCUT2D eigenvalue weighted by Gasteiger charge is 2.28. The van der Waals surface area contributed by atoms with Crippen molar-refractivity contribution in [3.05, 3.63) is 16.5 Å². The minimum atomic E-state index is -3.39. The molecule has 0 aliphatic heterocycles. The summed E-state index contributed by atoms with van der Waals surface area (Å²) in [5.74, 6) is 0.632. The second-order valence-electron chi connectivity index (χ2n) is 6.31. The van der Waals surface area contributed by atoms with Gasteiger partial charge in [0.15, 0.2) is 0 Å². The van der Waals surface area contributed by atoms with Crippen LogP contribution in [0.2, 0.25) is 0 Å². The highest BCUT2D eigenvalue weighted by atomic mass is 32.2. The average molecular weight is 333 g/mol. The molecule has 0 spiro atoms. The van der Waals surface area contributed by atoms with Crippen LogP contribution in [0.1, 0.15) is 38.1 Å². The Hall–Kier alpha value is -0.430. The molecule has 0 radical (unpaired) electrons. The van der Waals surface area contributed by atoms with Gasteiger partial charge in [0, 0.05) is 24.5 Å². The fraction of sp³-hybridized carbons (Fsp3) is 0.733. The summed E-state index contributed by atoms with van der Waals surface area (Å²) < 4.78 is 27.9. The summed E-state index contributed by atoms with van der Waals surface area (Å²) >= 11 is 1.38. The summed E-state index contributed by atoms with van der Waals surface area (Å²) in [5.41, 5.74) is 1.04. The Morgan fingerprint density at radius 1 is 1.19 bits per heavy atom. The maximum atomic E-state index is 12.9. The number of hydrogen-bond acceptors (Lipinski definition) is 4. The zero-order valence-electron chi connectivity index (χ0n) is 13.9. The van der Waals surface area contributed by atoms with Crippen LogP contribution in [-0.4, -0.2) is 32.9 Å². The average Bonchev–Trinajstić information content (AvgIpc) is 2.70. The predicted molar refractivity (Wildman–Crippen MR) is 90.3 cm³/mol. The summed E-state index contributed by atoms with van der Waals surface area (Å²) in [6, 6.07) is 1.81. The van der Waals surface area contributed by atoms with Gasteiger partial charge < -0.3 is 5.32 Å². The first-order chi connectivity index (χ1) is 9.68. The number of hydrogen-bond donors (Lipinski definition) is 1. The molecule has 0 aliphatic rings. The smallest absolute Gasteiger partial charge is 0.252 e. The van der Waals surface area contributed by atoms with Gasteiger partial charge in [-0.25, -0.2) is 8.42 Å². The zero-order valence-corrected chi connectivity index (χ0v) is 15.6. The van der Waals surface area contributed by atoms with Crippen LogP contribution < -0.4 is 5.32 Å². The van der Waals surface area contributed by atoms with E-state index in [1.165, 1.54) is 11.3 Å². The topological polar surface area (TPSA) is 49.4 Å². The number of nitrogens with zero attached hydrogens (tertiary/aromatic N) is 1. The van der Waals surface area contributed by atoms with E-state index in [9.17, 15) is 8.42 Å². The van der Waals surface area contributed by atoms with Gasteiger partial charge in [-0.15, -0.1) is 11.3 Å². The largest absolute Gasteiger partial charge is 0.315 e. The Kier molecular flexibility index (Phi) is 6.84. The molecule has 122 valence electrons. The maximum Gasteiger partial charge on any atom is 0.252 e. The number of sulfonamides is 1. The van der Waals surface area contributed by atoms with Crippen LogP contribution in [0, 0.1) is 18.8 Å². The predicted octanol–water partition coefficient (Wildman–Crippen LogP) is 3.08. The van der Waals surface area contributed by atoms with Gasteiger partial charge >= 0.3 is 0 Å². The Labute approximate surface area is 133 Å². The van der Waals surface area contributed by atoms with Crippen molar-refractivity contribution in [3.8, 4) is 0 Å². The molecular weight excluding hydrogens is 304 g/mol. The standard InChI is InChI=1S/C15H28N2O2S2/c1-11(2)9-17(10-12(3)4)21(18,19)15-7-13(5)14(20-15)8-16-6/h7,11-12,16H,8-10H2,1-6H3. The Bertz CT molecular complexity index is 538. The van der Waals surface area contributed by atoms with E-state index in [1.807, 2.05) is 14.0 Å². The van der Waals surface area contributed by atoms with Crippen molar-refractivity contribution in [3.63, 3.8) is 0 Å². The lowest BCUT2D eigenvalue weighted by Crippen LogP contribution is -2.36. The van der Waals surface area contributed by atoms with Crippen LogP contribution >= 0.6 is 11.3 Å². The maximum absolute atomic E-state index is 12.9. The van der Waals surface area contributed by atoms with Crippen LogP contribution in [0.15, 0.2) is 10.3 Å². The summed E-state index contributed by atoms with van der Waals surface area (Å²) in [6.45, 7) is 12.0. The van der Waals surface area contributed by atoms with Gasteiger partial charge in [-0.2, -0.15) is 4.31 Å². The van der Waals surface area contributed by atoms with Crippen molar-refractivity contribution in [2.75, 3.05) is 20.1 Å². The van der Waals surface area contributed by atoms with E-state index in [1.54, 1.807) is 10.4 Å². The van der Waals surface area contributed by atoms with E-state index < -0.39 is 10.0 Å². The van der Waals surface area contributed by atoms with Crippen molar-refractivity contribution >= 4 is 21.4 Å². The molecule has 0 aromatic carbocycles. The fourth-order valence-corrected chi connectivity index (χ4v) is 5.69. The van der Waals surface area contributed by atoms with Crippen LogP contribution in [0.5, 0.6) is 0 Å². The lowest BCUT2D eigenvalue weighted by Gasteiger charge is -2.24. The molecule has 0 saturated heterocycles. The van der Waals surface area contributed by atoms with Crippen LogP contribution in [0.3, 0.4) is 0 Å². The molecule has 0 amide bonds. The minimum Gasteiger partial charge on any atom is -0.315 e. The number of thiophene rings is 1. The van der Waals surface area contributed by atoms with E-state index in [-0.39, 0.29) is 0 Å². The van der Waals surface area contributed by atoms with Gasteiger partial charge in [0.25, 0.3) is 10.0 Å². The Balaban J connectivity index is 3.12. The Morgan fingerprint density at radius 3 is 2.14 bits per heavy atom. The highest BCUT2D eigenvalue weighted by Crippen LogP contribution is 2.29. The van der Waals surface area contributed by atoms with E-state index >= 15 is 0 Å². The molecule has 0 aliphatic carbocycles. The third-order valence-corrected chi connectivity index (χ3v) is 6.58. The normalized spacial score (nSPS) is 12.8. The second kappa shape index (κ2) is 7.72. The first-order valence-corrected chi connectivity index (χ1v) is 9.68.